The van der Waals surface area contributed by atoms with Crippen molar-refractivity contribution in [2.45, 2.75) is 44.2 Å². The van der Waals surface area contributed by atoms with E-state index in [1.165, 1.54) is 4.90 Å². The number of nitrogens with zero attached hydrogens (tertiary/aromatic N) is 1. The fraction of sp³-hybridized carbons (Fsp3) is 0.250. The topological polar surface area (TPSA) is 78.5 Å². The Morgan fingerprint density at radius 3 is 1.97 bits per heavy atom. The molecule has 3 aromatic carbocycles. The van der Waals surface area contributed by atoms with Crippen LogP contribution in [-0.2, 0) is 0 Å². The molecule has 1 saturated carbocycles. The molecule has 1 aliphatic carbocycles. The van der Waals surface area contributed by atoms with Crippen molar-refractivity contribution in [3.63, 3.8) is 0 Å². The Bertz CT molecular complexity index is 1160. The SMILES string of the molecule is O=C(Nc1ccc2c(c1)C(=O)N(C1CCCCC1)C2=O)NC(c1ccccc1)c1ccccc1. The zero-order valence-electron chi connectivity index (χ0n) is 18.9. The highest BCUT2D eigenvalue weighted by Crippen LogP contribution is 2.32. The Morgan fingerprint density at radius 1 is 0.765 bits per heavy atom. The molecule has 6 nitrogen and oxygen atoms in total. The van der Waals surface area contributed by atoms with Crippen molar-refractivity contribution in [3.8, 4) is 0 Å². The summed E-state index contributed by atoms with van der Waals surface area (Å²) in [6, 6.07) is 23.7. The fourth-order valence-corrected chi connectivity index (χ4v) is 4.96. The molecule has 0 aromatic heterocycles. The molecule has 1 fully saturated rings. The molecular weight excluding hydrogens is 426 g/mol. The molecule has 0 bridgehead atoms. The summed E-state index contributed by atoms with van der Waals surface area (Å²) in [5.74, 6) is -0.487. The van der Waals surface area contributed by atoms with Crippen LogP contribution >= 0.6 is 0 Å². The lowest BCUT2D eigenvalue weighted by Gasteiger charge is -2.29. The second-order valence-electron chi connectivity index (χ2n) is 8.89. The van der Waals surface area contributed by atoms with E-state index in [1.807, 2.05) is 60.7 Å². The number of imide groups is 1. The number of amides is 4. The number of carbonyl (C=O) groups is 3. The number of anilines is 1. The van der Waals surface area contributed by atoms with Crippen molar-refractivity contribution in [3.05, 3.63) is 101 Å². The predicted octanol–water partition coefficient (Wildman–Crippen LogP) is 5.53. The van der Waals surface area contributed by atoms with Gasteiger partial charge in [0.2, 0.25) is 0 Å². The van der Waals surface area contributed by atoms with Crippen LogP contribution in [-0.4, -0.2) is 28.8 Å². The van der Waals surface area contributed by atoms with Gasteiger partial charge in [-0.3, -0.25) is 14.5 Å². The fourth-order valence-electron chi connectivity index (χ4n) is 4.96. The zero-order valence-corrected chi connectivity index (χ0v) is 18.9. The molecule has 0 spiro atoms. The van der Waals surface area contributed by atoms with Crippen molar-refractivity contribution >= 4 is 23.5 Å². The second-order valence-corrected chi connectivity index (χ2v) is 8.89. The standard InChI is InChI=1S/C28H27N3O3/c32-26-23-17-16-21(18-24(23)27(33)31(26)22-14-8-3-9-15-22)29-28(34)30-25(19-10-4-1-5-11-19)20-12-6-2-7-13-20/h1-2,4-7,10-13,16-18,22,25H,3,8-9,14-15H2,(H2,29,30,34). The molecule has 1 heterocycles. The van der Waals surface area contributed by atoms with Gasteiger partial charge in [0.05, 0.1) is 17.2 Å². The lowest BCUT2D eigenvalue weighted by molar-refractivity contribution is 0.0549. The van der Waals surface area contributed by atoms with Crippen LogP contribution in [0.1, 0.15) is 70.0 Å². The van der Waals surface area contributed by atoms with Gasteiger partial charge in [0.25, 0.3) is 11.8 Å². The first-order chi connectivity index (χ1) is 16.6. The summed E-state index contributed by atoms with van der Waals surface area (Å²) in [5, 5.41) is 5.87. The molecule has 34 heavy (non-hydrogen) atoms. The molecule has 0 radical (unpaired) electrons. The lowest BCUT2D eigenvalue weighted by atomic mass is 9.94. The molecule has 2 N–H and O–H groups in total. The van der Waals surface area contributed by atoms with E-state index in [9.17, 15) is 14.4 Å². The number of hydrogen-bond donors (Lipinski definition) is 2. The molecule has 6 heteroatoms. The number of carbonyl (C=O) groups excluding carboxylic acids is 3. The Balaban J connectivity index is 1.33. The average Bonchev–Trinajstić information content (AvgIpc) is 3.13. The Morgan fingerprint density at radius 2 is 1.35 bits per heavy atom. The van der Waals surface area contributed by atoms with Crippen LogP contribution in [0.5, 0.6) is 0 Å². The third kappa shape index (κ3) is 4.31. The minimum Gasteiger partial charge on any atom is -0.327 e. The molecule has 1 aliphatic heterocycles. The second kappa shape index (κ2) is 9.51. The van der Waals surface area contributed by atoms with Gasteiger partial charge in [-0.2, -0.15) is 0 Å². The van der Waals surface area contributed by atoms with E-state index < -0.39 is 6.03 Å². The molecule has 0 unspecified atom stereocenters. The monoisotopic (exact) mass is 453 g/mol. The van der Waals surface area contributed by atoms with Gasteiger partial charge in [-0.1, -0.05) is 79.9 Å². The number of urea groups is 1. The van der Waals surface area contributed by atoms with Gasteiger partial charge in [-0.05, 0) is 42.2 Å². The Labute approximate surface area is 199 Å². The number of benzene rings is 3. The Kier molecular flexibility index (Phi) is 6.12. The highest BCUT2D eigenvalue weighted by atomic mass is 16.2. The van der Waals surface area contributed by atoms with Gasteiger partial charge in [0.15, 0.2) is 0 Å². The maximum Gasteiger partial charge on any atom is 0.319 e. The molecule has 0 saturated heterocycles. The summed E-state index contributed by atoms with van der Waals surface area (Å²) < 4.78 is 0. The van der Waals surface area contributed by atoms with Crippen molar-refractivity contribution < 1.29 is 14.4 Å². The van der Waals surface area contributed by atoms with Gasteiger partial charge in [0.1, 0.15) is 0 Å². The third-order valence-electron chi connectivity index (χ3n) is 6.66. The predicted molar refractivity (Wildman–Crippen MR) is 131 cm³/mol. The van der Waals surface area contributed by atoms with Crippen LogP contribution in [0.25, 0.3) is 0 Å². The summed E-state index contributed by atoms with van der Waals surface area (Å²) in [7, 11) is 0. The number of rotatable bonds is 5. The summed E-state index contributed by atoms with van der Waals surface area (Å²) in [6.07, 6.45) is 4.94. The molecular formula is C28H27N3O3. The number of nitrogens with one attached hydrogen (secondary N) is 2. The van der Waals surface area contributed by atoms with Crippen LogP contribution in [0, 0.1) is 0 Å². The molecule has 2 aliphatic rings. The van der Waals surface area contributed by atoms with Gasteiger partial charge in [-0.25, -0.2) is 4.79 Å². The first kappa shape index (κ1) is 21.9. The van der Waals surface area contributed by atoms with Crippen LogP contribution < -0.4 is 10.6 Å². The van der Waals surface area contributed by atoms with Crippen molar-refractivity contribution in [1.82, 2.24) is 10.2 Å². The number of fused-ring (bicyclic) bond motifs is 1. The quantitative estimate of drug-likeness (QED) is 0.499. The van der Waals surface area contributed by atoms with Gasteiger partial charge in [-0.15, -0.1) is 0 Å². The summed E-state index contributed by atoms with van der Waals surface area (Å²) in [4.78, 5) is 40.3. The lowest BCUT2D eigenvalue weighted by Crippen LogP contribution is -2.40. The highest BCUT2D eigenvalue weighted by Gasteiger charge is 2.40. The van der Waals surface area contributed by atoms with Crippen LogP contribution in [0.3, 0.4) is 0 Å². The maximum atomic E-state index is 13.1. The van der Waals surface area contributed by atoms with Crippen molar-refractivity contribution in [2.24, 2.45) is 0 Å². The zero-order chi connectivity index (χ0) is 23.5. The minimum atomic E-state index is -0.390. The van der Waals surface area contributed by atoms with E-state index in [-0.39, 0.29) is 23.9 Å². The van der Waals surface area contributed by atoms with Crippen LogP contribution in [0.4, 0.5) is 10.5 Å². The van der Waals surface area contributed by atoms with Gasteiger partial charge in [0, 0.05) is 11.7 Å². The van der Waals surface area contributed by atoms with Gasteiger partial charge >= 0.3 is 6.03 Å². The van der Waals surface area contributed by atoms with E-state index in [0.717, 1.165) is 43.2 Å². The van der Waals surface area contributed by atoms with Crippen molar-refractivity contribution in [1.29, 1.82) is 0 Å². The van der Waals surface area contributed by atoms with Crippen LogP contribution in [0.2, 0.25) is 0 Å². The largest absolute Gasteiger partial charge is 0.327 e. The van der Waals surface area contributed by atoms with Gasteiger partial charge < -0.3 is 10.6 Å². The summed E-state index contributed by atoms with van der Waals surface area (Å²) >= 11 is 0. The molecule has 0 atom stereocenters. The van der Waals surface area contributed by atoms with E-state index in [0.29, 0.717) is 16.8 Å². The molecule has 4 amide bonds. The van der Waals surface area contributed by atoms with Crippen molar-refractivity contribution in [2.75, 3.05) is 5.32 Å². The molecule has 5 rings (SSSR count). The smallest absolute Gasteiger partial charge is 0.319 e. The highest BCUT2D eigenvalue weighted by molar-refractivity contribution is 6.22. The normalized spacial score (nSPS) is 16.0. The van der Waals surface area contributed by atoms with Crippen LogP contribution in [0.15, 0.2) is 78.9 Å². The van der Waals surface area contributed by atoms with E-state index in [4.69, 9.17) is 0 Å². The Hall–Kier alpha value is -3.93. The molecule has 3 aromatic rings. The third-order valence-corrected chi connectivity index (χ3v) is 6.66. The summed E-state index contributed by atoms with van der Waals surface area (Å²) in [6.45, 7) is 0. The summed E-state index contributed by atoms with van der Waals surface area (Å²) in [5.41, 5.74) is 3.16. The first-order valence-electron chi connectivity index (χ1n) is 11.8. The number of hydrogen-bond acceptors (Lipinski definition) is 3. The molecule has 172 valence electrons. The van der Waals surface area contributed by atoms with E-state index >= 15 is 0 Å². The maximum absolute atomic E-state index is 13.1. The van der Waals surface area contributed by atoms with E-state index in [2.05, 4.69) is 10.6 Å². The average molecular weight is 454 g/mol. The minimum absolute atomic E-state index is 0.0293. The van der Waals surface area contributed by atoms with E-state index in [1.54, 1.807) is 18.2 Å². The first-order valence-corrected chi connectivity index (χ1v) is 11.8.